The molecule has 0 spiro atoms. The van der Waals surface area contributed by atoms with E-state index in [1.54, 1.807) is 32.4 Å². The number of hydrogen-bond acceptors (Lipinski definition) is 6. The number of imidazole rings is 1. The number of aromatic amines is 1. The maximum atomic E-state index is 10.7. The van der Waals surface area contributed by atoms with Crippen LogP contribution in [0.5, 0.6) is 11.5 Å². The molecule has 2 N–H and O–H groups in total. The third kappa shape index (κ3) is 3.07. The number of aromatic nitrogens is 2. The zero-order valence-corrected chi connectivity index (χ0v) is 13.2. The SMILES string of the molecule is COc1cc2nc(NCc3ccc([N+](=O)[O-])cc3)[nH]c2cc1OC. The molecule has 0 saturated carbocycles. The molecule has 0 aliphatic carbocycles. The van der Waals surface area contributed by atoms with Crippen LogP contribution < -0.4 is 14.8 Å². The zero-order chi connectivity index (χ0) is 17.1. The Morgan fingerprint density at radius 2 is 1.83 bits per heavy atom. The van der Waals surface area contributed by atoms with Crippen molar-refractivity contribution < 1.29 is 14.4 Å². The summed E-state index contributed by atoms with van der Waals surface area (Å²) in [5, 5.41) is 13.8. The number of nitro benzene ring substituents is 1. The molecule has 3 aromatic rings. The van der Waals surface area contributed by atoms with Gasteiger partial charge in [-0.1, -0.05) is 12.1 Å². The number of anilines is 1. The molecule has 0 unspecified atom stereocenters. The normalized spacial score (nSPS) is 10.6. The van der Waals surface area contributed by atoms with Gasteiger partial charge in [0.2, 0.25) is 5.95 Å². The summed E-state index contributed by atoms with van der Waals surface area (Å²) in [6.07, 6.45) is 0. The van der Waals surface area contributed by atoms with Gasteiger partial charge in [0.05, 0.1) is 30.2 Å². The van der Waals surface area contributed by atoms with Gasteiger partial charge in [0, 0.05) is 30.8 Å². The summed E-state index contributed by atoms with van der Waals surface area (Å²) in [5.74, 6) is 1.83. The standard InChI is InChI=1S/C16H16N4O4/c1-23-14-7-12-13(8-15(14)24-2)19-16(18-12)17-9-10-3-5-11(6-4-10)20(21)22/h3-8H,9H2,1-2H3,(H2,17,18,19). The summed E-state index contributed by atoms with van der Waals surface area (Å²) in [4.78, 5) is 17.8. The average molecular weight is 328 g/mol. The molecular weight excluding hydrogens is 312 g/mol. The van der Waals surface area contributed by atoms with E-state index in [1.807, 2.05) is 6.07 Å². The first-order chi connectivity index (χ1) is 11.6. The average Bonchev–Trinajstić information content (AvgIpc) is 3.00. The number of hydrogen-bond donors (Lipinski definition) is 2. The smallest absolute Gasteiger partial charge is 0.269 e. The molecule has 0 aliphatic heterocycles. The van der Waals surface area contributed by atoms with Crippen molar-refractivity contribution in [1.82, 2.24) is 9.97 Å². The van der Waals surface area contributed by atoms with Crippen LogP contribution in [0.1, 0.15) is 5.56 Å². The topological polar surface area (TPSA) is 102 Å². The van der Waals surface area contributed by atoms with Crippen molar-refractivity contribution in [1.29, 1.82) is 0 Å². The van der Waals surface area contributed by atoms with Crippen LogP contribution >= 0.6 is 0 Å². The van der Waals surface area contributed by atoms with E-state index in [9.17, 15) is 10.1 Å². The number of ether oxygens (including phenoxy) is 2. The maximum Gasteiger partial charge on any atom is 0.269 e. The van der Waals surface area contributed by atoms with Gasteiger partial charge in [-0.2, -0.15) is 0 Å². The molecule has 1 heterocycles. The fourth-order valence-corrected chi connectivity index (χ4v) is 2.34. The van der Waals surface area contributed by atoms with E-state index in [0.717, 1.165) is 16.6 Å². The molecule has 0 radical (unpaired) electrons. The zero-order valence-electron chi connectivity index (χ0n) is 13.2. The molecule has 3 rings (SSSR count). The first-order valence-electron chi connectivity index (χ1n) is 7.19. The number of H-pyrrole nitrogens is 1. The summed E-state index contributed by atoms with van der Waals surface area (Å²) < 4.78 is 10.5. The molecule has 2 aromatic carbocycles. The largest absolute Gasteiger partial charge is 0.493 e. The lowest BCUT2D eigenvalue weighted by Crippen LogP contribution is -2.00. The Bertz CT molecular complexity index is 833. The van der Waals surface area contributed by atoms with Crippen LogP contribution in [0.15, 0.2) is 36.4 Å². The van der Waals surface area contributed by atoms with E-state index < -0.39 is 4.92 Å². The van der Waals surface area contributed by atoms with Crippen LogP contribution in [0.25, 0.3) is 11.0 Å². The van der Waals surface area contributed by atoms with Gasteiger partial charge in [-0.15, -0.1) is 0 Å². The maximum absolute atomic E-state index is 10.7. The number of rotatable bonds is 6. The van der Waals surface area contributed by atoms with Gasteiger partial charge in [-0.25, -0.2) is 4.98 Å². The number of nitrogens with zero attached hydrogens (tertiary/aromatic N) is 2. The second-order valence-corrected chi connectivity index (χ2v) is 5.09. The Kier molecular flexibility index (Phi) is 4.19. The van der Waals surface area contributed by atoms with Crippen LogP contribution in [0.3, 0.4) is 0 Å². The summed E-state index contributed by atoms with van der Waals surface area (Å²) in [5.41, 5.74) is 2.55. The lowest BCUT2D eigenvalue weighted by molar-refractivity contribution is -0.384. The number of benzene rings is 2. The van der Waals surface area contributed by atoms with Crippen molar-refractivity contribution in [2.45, 2.75) is 6.54 Å². The monoisotopic (exact) mass is 328 g/mol. The molecular formula is C16H16N4O4. The molecule has 124 valence electrons. The number of nitro groups is 1. The van der Waals surface area contributed by atoms with Gasteiger partial charge in [0.25, 0.3) is 5.69 Å². The fourth-order valence-electron chi connectivity index (χ4n) is 2.34. The lowest BCUT2D eigenvalue weighted by Gasteiger charge is -2.06. The predicted molar refractivity (Wildman–Crippen MR) is 89.6 cm³/mol. The highest BCUT2D eigenvalue weighted by Crippen LogP contribution is 2.31. The molecule has 0 atom stereocenters. The highest BCUT2D eigenvalue weighted by molar-refractivity contribution is 5.81. The first kappa shape index (κ1) is 15.6. The van der Waals surface area contributed by atoms with Gasteiger partial charge >= 0.3 is 0 Å². The first-order valence-corrected chi connectivity index (χ1v) is 7.19. The quantitative estimate of drug-likeness (QED) is 0.532. The predicted octanol–water partition coefficient (Wildman–Crippen LogP) is 3.10. The Morgan fingerprint density at radius 3 is 2.46 bits per heavy atom. The van der Waals surface area contributed by atoms with Crippen LogP contribution in [0, 0.1) is 10.1 Å². The van der Waals surface area contributed by atoms with Crippen molar-refractivity contribution >= 4 is 22.7 Å². The second-order valence-electron chi connectivity index (χ2n) is 5.09. The lowest BCUT2D eigenvalue weighted by atomic mass is 10.2. The highest BCUT2D eigenvalue weighted by Gasteiger charge is 2.10. The van der Waals surface area contributed by atoms with Gasteiger partial charge in [0.1, 0.15) is 0 Å². The van der Waals surface area contributed by atoms with Crippen molar-refractivity contribution in [3.05, 3.63) is 52.1 Å². The van der Waals surface area contributed by atoms with Crippen LogP contribution in [-0.2, 0) is 6.54 Å². The van der Waals surface area contributed by atoms with E-state index in [2.05, 4.69) is 15.3 Å². The van der Waals surface area contributed by atoms with E-state index in [1.165, 1.54) is 12.1 Å². The minimum Gasteiger partial charge on any atom is -0.493 e. The molecule has 0 amide bonds. The second kappa shape index (κ2) is 6.45. The van der Waals surface area contributed by atoms with Crippen LogP contribution in [-0.4, -0.2) is 29.1 Å². The Morgan fingerprint density at radius 1 is 1.17 bits per heavy atom. The van der Waals surface area contributed by atoms with Crippen molar-refractivity contribution in [3.63, 3.8) is 0 Å². The Hall–Kier alpha value is -3.29. The minimum absolute atomic E-state index is 0.0710. The van der Waals surface area contributed by atoms with Crippen LogP contribution in [0.4, 0.5) is 11.6 Å². The van der Waals surface area contributed by atoms with Crippen molar-refractivity contribution in [2.75, 3.05) is 19.5 Å². The summed E-state index contributed by atoms with van der Waals surface area (Å²) in [6, 6.07) is 9.98. The molecule has 0 saturated heterocycles. The van der Waals surface area contributed by atoms with E-state index in [-0.39, 0.29) is 5.69 Å². The van der Waals surface area contributed by atoms with Gasteiger partial charge in [-0.05, 0) is 5.56 Å². The summed E-state index contributed by atoms with van der Waals surface area (Å²) >= 11 is 0. The Balaban J connectivity index is 1.76. The molecule has 1 aromatic heterocycles. The van der Waals surface area contributed by atoms with E-state index in [0.29, 0.717) is 24.0 Å². The Labute approximate surface area is 137 Å². The van der Waals surface area contributed by atoms with E-state index in [4.69, 9.17) is 9.47 Å². The molecule has 0 bridgehead atoms. The minimum atomic E-state index is -0.419. The van der Waals surface area contributed by atoms with E-state index >= 15 is 0 Å². The number of fused-ring (bicyclic) bond motifs is 1. The van der Waals surface area contributed by atoms with Gasteiger partial charge < -0.3 is 19.8 Å². The summed E-state index contributed by atoms with van der Waals surface area (Å²) in [7, 11) is 3.15. The van der Waals surface area contributed by atoms with Crippen LogP contribution in [0.2, 0.25) is 0 Å². The third-order valence-corrected chi connectivity index (χ3v) is 3.59. The third-order valence-electron chi connectivity index (χ3n) is 3.59. The molecule has 8 nitrogen and oxygen atoms in total. The number of nitrogens with one attached hydrogen (secondary N) is 2. The number of non-ortho nitro benzene ring substituents is 1. The molecule has 0 aliphatic rings. The number of methoxy groups -OCH3 is 2. The van der Waals surface area contributed by atoms with Crippen molar-refractivity contribution in [3.8, 4) is 11.5 Å². The van der Waals surface area contributed by atoms with Gasteiger partial charge in [0.15, 0.2) is 11.5 Å². The highest BCUT2D eigenvalue weighted by atomic mass is 16.6. The van der Waals surface area contributed by atoms with Gasteiger partial charge in [-0.3, -0.25) is 10.1 Å². The molecule has 0 fully saturated rings. The fraction of sp³-hybridized carbons (Fsp3) is 0.188. The van der Waals surface area contributed by atoms with Crippen molar-refractivity contribution in [2.24, 2.45) is 0 Å². The molecule has 8 heteroatoms. The summed E-state index contributed by atoms with van der Waals surface area (Å²) in [6.45, 7) is 0.492. The molecule has 24 heavy (non-hydrogen) atoms.